The average Bonchev–Trinajstić information content (AvgIpc) is 3.64. The van der Waals surface area contributed by atoms with E-state index in [1.165, 1.54) is 28.7 Å². The van der Waals surface area contributed by atoms with Gasteiger partial charge in [0.2, 0.25) is 5.91 Å². The van der Waals surface area contributed by atoms with Gasteiger partial charge in [-0.1, -0.05) is 0 Å². The van der Waals surface area contributed by atoms with Crippen molar-refractivity contribution in [3.63, 3.8) is 0 Å². The van der Waals surface area contributed by atoms with Gasteiger partial charge in [-0.3, -0.25) is 19.3 Å². The Balaban J connectivity index is 1.38. The van der Waals surface area contributed by atoms with Gasteiger partial charge in [-0.15, -0.1) is 11.8 Å². The molecule has 2 amide bonds. The van der Waals surface area contributed by atoms with Gasteiger partial charge < -0.3 is 20.3 Å². The van der Waals surface area contributed by atoms with Crippen LogP contribution in [0.3, 0.4) is 0 Å². The number of piperidine rings is 1. The highest BCUT2D eigenvalue weighted by Gasteiger charge is 2.29. The minimum atomic E-state index is -3.08. The number of likely N-dealkylation sites (tertiary alicyclic amines) is 1. The first kappa shape index (κ1) is 32.1. The van der Waals surface area contributed by atoms with Gasteiger partial charge in [0.05, 0.1) is 22.7 Å². The number of nitrogens with zero attached hydrogens (tertiary/aromatic N) is 6. The van der Waals surface area contributed by atoms with E-state index >= 15 is 0 Å². The lowest BCUT2D eigenvalue weighted by molar-refractivity contribution is -0.133. The van der Waals surface area contributed by atoms with E-state index in [1.54, 1.807) is 40.5 Å². The molecule has 0 spiro atoms. The van der Waals surface area contributed by atoms with Crippen molar-refractivity contribution in [1.82, 2.24) is 30.4 Å². The molecule has 5 rings (SSSR count). The molecule has 2 aromatic rings. The predicted molar refractivity (Wildman–Crippen MR) is 166 cm³/mol. The molecule has 4 heterocycles. The highest BCUT2D eigenvalue weighted by atomic mass is 32.2. The number of aromatic nitrogens is 2. The number of carbonyl (C=O) groups is 2. The molecule has 1 fully saturated rings. The molecular weight excluding hydrogens is 604 g/mol. The van der Waals surface area contributed by atoms with Gasteiger partial charge in [0.25, 0.3) is 5.91 Å². The fourth-order valence-electron chi connectivity index (χ4n) is 5.17. The lowest BCUT2D eigenvalue weighted by atomic mass is 9.94. The van der Waals surface area contributed by atoms with Crippen molar-refractivity contribution in [2.24, 2.45) is 10.4 Å². The van der Waals surface area contributed by atoms with Crippen molar-refractivity contribution in [2.45, 2.75) is 50.8 Å². The fraction of sp³-hybridized carbons (Fsp3) is 0.433. The first-order chi connectivity index (χ1) is 21.6. The number of fused-ring (bicyclic) bond motifs is 1. The topological polar surface area (TPSA) is 140 Å². The number of hydrogen-bond acceptors (Lipinski definition) is 10. The number of alkyl halides is 2. The maximum absolute atomic E-state index is 13.5. The third-order valence-corrected chi connectivity index (χ3v) is 8.39. The van der Waals surface area contributed by atoms with Crippen LogP contribution >= 0.6 is 11.8 Å². The highest BCUT2D eigenvalue weighted by Crippen LogP contribution is 2.38. The number of amides is 2. The van der Waals surface area contributed by atoms with E-state index < -0.39 is 17.9 Å². The van der Waals surface area contributed by atoms with E-state index in [9.17, 15) is 23.6 Å². The first-order valence-corrected chi connectivity index (χ1v) is 15.7. The van der Waals surface area contributed by atoms with E-state index in [0.29, 0.717) is 31.0 Å². The van der Waals surface area contributed by atoms with E-state index in [0.717, 1.165) is 17.7 Å². The summed E-state index contributed by atoms with van der Waals surface area (Å²) in [6.07, 6.45) is 9.91. The summed E-state index contributed by atoms with van der Waals surface area (Å²) < 4.78 is 33.0. The van der Waals surface area contributed by atoms with Crippen LogP contribution in [-0.2, 0) is 16.1 Å². The maximum atomic E-state index is 13.5. The molecule has 0 unspecified atom stereocenters. The largest absolute Gasteiger partial charge is 0.434 e. The molecule has 0 saturated carbocycles. The number of halogens is 2. The summed E-state index contributed by atoms with van der Waals surface area (Å²) in [5.41, 5.74) is 3.63. The molecule has 3 aliphatic rings. The number of hydrazine groups is 1. The Morgan fingerprint density at radius 3 is 2.78 bits per heavy atom. The number of carbonyl (C=O) groups excluding carboxylic acids is 2. The number of nitriles is 1. The van der Waals surface area contributed by atoms with Crippen LogP contribution in [0.25, 0.3) is 11.3 Å². The lowest BCUT2D eigenvalue weighted by Gasteiger charge is -2.33. The second-order valence-corrected chi connectivity index (χ2v) is 12.3. The lowest BCUT2D eigenvalue weighted by Crippen LogP contribution is -2.47. The standard InChI is InChI=1S/C30H35F2N9O3S/c1-30(2,17-33)18-35-19-7-11-39(12-8-19)25(42)16-40-15-23(37-28(43)22-14-36-41-10-4-9-34-27(22)41)26(38-40)21-13-20(45-3)5-6-24(21)44-29(31)32/h4-6,9-10,13,15,19,29,35-36H,7-8,11-12,14,16,18H2,1-3H3,(H,37,43). The van der Waals surface area contributed by atoms with Crippen molar-refractivity contribution >= 4 is 35.5 Å². The van der Waals surface area contributed by atoms with Crippen LogP contribution in [-0.4, -0.2) is 82.8 Å². The van der Waals surface area contributed by atoms with Crippen LogP contribution in [0, 0.1) is 16.7 Å². The van der Waals surface area contributed by atoms with E-state index in [4.69, 9.17) is 4.74 Å². The summed E-state index contributed by atoms with van der Waals surface area (Å²) >= 11 is 1.41. The van der Waals surface area contributed by atoms with Crippen LogP contribution < -0.4 is 20.8 Å². The first-order valence-electron chi connectivity index (χ1n) is 14.5. The number of rotatable bonds is 11. The number of anilines is 1. The molecule has 45 heavy (non-hydrogen) atoms. The van der Waals surface area contributed by atoms with Crippen LogP contribution in [0.4, 0.5) is 14.5 Å². The zero-order chi connectivity index (χ0) is 32.1. The molecular formula is C30H35F2N9O3S. The minimum absolute atomic E-state index is 0.109. The van der Waals surface area contributed by atoms with Crippen molar-refractivity contribution in [3.8, 4) is 23.1 Å². The second kappa shape index (κ2) is 13.8. The quantitative estimate of drug-likeness (QED) is 0.315. The zero-order valence-corrected chi connectivity index (χ0v) is 26.0. The van der Waals surface area contributed by atoms with Crippen molar-refractivity contribution in [3.05, 3.63) is 48.1 Å². The monoisotopic (exact) mass is 639 g/mol. The molecule has 15 heteroatoms. The summed E-state index contributed by atoms with van der Waals surface area (Å²) in [5, 5.41) is 21.8. The van der Waals surface area contributed by atoms with Gasteiger partial charge in [0, 0.05) is 61.3 Å². The summed E-state index contributed by atoms with van der Waals surface area (Å²) in [6.45, 7) is 2.44. The van der Waals surface area contributed by atoms with Gasteiger partial charge in [-0.25, -0.2) is 10.4 Å². The molecule has 0 radical (unpaired) electrons. The number of allylic oxidation sites excluding steroid dienone is 1. The van der Waals surface area contributed by atoms with Gasteiger partial charge in [-0.05, 0) is 57.2 Å². The predicted octanol–water partition coefficient (Wildman–Crippen LogP) is 3.57. The number of ether oxygens (including phenoxy) is 1. The van der Waals surface area contributed by atoms with E-state index in [1.807, 2.05) is 20.1 Å². The summed E-state index contributed by atoms with van der Waals surface area (Å²) in [6, 6.07) is 7.25. The second-order valence-electron chi connectivity index (χ2n) is 11.4. The van der Waals surface area contributed by atoms with Crippen LogP contribution in [0.2, 0.25) is 0 Å². The van der Waals surface area contributed by atoms with Crippen LogP contribution in [0.15, 0.2) is 58.0 Å². The Morgan fingerprint density at radius 1 is 1.29 bits per heavy atom. The van der Waals surface area contributed by atoms with Gasteiger partial charge in [0.1, 0.15) is 18.0 Å². The van der Waals surface area contributed by atoms with Crippen molar-refractivity contribution in [2.75, 3.05) is 37.8 Å². The number of hydrogen-bond donors (Lipinski definition) is 3. The number of nitrogens with one attached hydrogen (secondary N) is 3. The van der Waals surface area contributed by atoms with Crippen LogP contribution in [0.5, 0.6) is 5.75 Å². The number of aliphatic imine (C=N–C) groups is 1. The highest BCUT2D eigenvalue weighted by molar-refractivity contribution is 7.98. The molecule has 1 aromatic heterocycles. The van der Waals surface area contributed by atoms with Gasteiger partial charge >= 0.3 is 6.61 Å². The number of thioether (sulfide) groups is 1. The molecule has 238 valence electrons. The Morgan fingerprint density at radius 2 is 2.07 bits per heavy atom. The fourth-order valence-corrected chi connectivity index (χ4v) is 5.61. The normalized spacial score (nSPS) is 16.7. The molecule has 3 aliphatic heterocycles. The Kier molecular flexibility index (Phi) is 9.86. The molecule has 0 aliphatic carbocycles. The SMILES string of the molecule is CSc1ccc(OC(F)F)c(-c2nn(CC(=O)N3CCC(NCC(C)(C)C#N)CC3)cc2NC(=O)C2=C3N=CC=CN3NC2)c1. The van der Waals surface area contributed by atoms with E-state index in [2.05, 4.69) is 32.2 Å². The molecule has 0 atom stereocenters. The molecule has 0 bridgehead atoms. The van der Waals surface area contributed by atoms with Crippen molar-refractivity contribution < 1.29 is 23.1 Å². The molecule has 1 aromatic carbocycles. The molecule has 12 nitrogen and oxygen atoms in total. The molecule has 1 saturated heterocycles. The smallest absolute Gasteiger partial charge is 0.387 e. The third-order valence-electron chi connectivity index (χ3n) is 7.66. The van der Waals surface area contributed by atoms with Crippen molar-refractivity contribution in [1.29, 1.82) is 5.26 Å². The summed E-state index contributed by atoms with van der Waals surface area (Å²) in [5.74, 6) is -0.282. The molecule has 3 N–H and O–H groups in total. The number of benzene rings is 1. The van der Waals surface area contributed by atoms with Gasteiger partial charge in [-0.2, -0.15) is 19.1 Å². The van der Waals surface area contributed by atoms with Crippen LogP contribution in [0.1, 0.15) is 26.7 Å². The van der Waals surface area contributed by atoms with Gasteiger partial charge in [0.15, 0.2) is 5.82 Å². The summed E-state index contributed by atoms with van der Waals surface area (Å²) in [7, 11) is 0. The summed E-state index contributed by atoms with van der Waals surface area (Å²) in [4.78, 5) is 33.6. The average molecular weight is 640 g/mol. The maximum Gasteiger partial charge on any atom is 0.387 e. The van der Waals surface area contributed by atoms with E-state index in [-0.39, 0.29) is 47.7 Å². The zero-order valence-electron chi connectivity index (χ0n) is 25.2. The Hall–Kier alpha value is -4.26. The minimum Gasteiger partial charge on any atom is -0.434 e. The Bertz CT molecular complexity index is 1570. The third kappa shape index (κ3) is 7.70. The Labute approximate surface area is 264 Å².